The van der Waals surface area contributed by atoms with Crippen molar-refractivity contribution in [1.82, 2.24) is 4.90 Å². The van der Waals surface area contributed by atoms with E-state index >= 15 is 0 Å². The van der Waals surface area contributed by atoms with Crippen molar-refractivity contribution in [3.63, 3.8) is 0 Å². The van der Waals surface area contributed by atoms with Crippen LogP contribution in [-0.4, -0.2) is 30.2 Å². The lowest BCUT2D eigenvalue weighted by molar-refractivity contribution is -0.119. The van der Waals surface area contributed by atoms with Crippen molar-refractivity contribution in [3.05, 3.63) is 0 Å². The Morgan fingerprint density at radius 3 is 2.11 bits per heavy atom. The molecule has 0 N–H and O–H groups in total. The van der Waals surface area contributed by atoms with Crippen molar-refractivity contribution in [2.45, 2.75) is 19.4 Å². The van der Waals surface area contributed by atoms with Gasteiger partial charge in [0.2, 0.25) is 12.7 Å². The SMILES string of the molecule is CN(C=O)C(C)(C)[C]=O. The molecular formula is C6H10NO2. The minimum atomic E-state index is -0.790. The molecule has 3 heteroatoms. The van der Waals surface area contributed by atoms with E-state index in [4.69, 9.17) is 0 Å². The van der Waals surface area contributed by atoms with Crippen molar-refractivity contribution in [3.8, 4) is 0 Å². The molecule has 0 aromatic rings. The zero-order chi connectivity index (χ0) is 7.49. The van der Waals surface area contributed by atoms with Gasteiger partial charge in [-0.25, -0.2) is 0 Å². The second-order valence-corrected chi connectivity index (χ2v) is 2.38. The van der Waals surface area contributed by atoms with Gasteiger partial charge in [-0.05, 0) is 13.8 Å². The normalized spacial score (nSPS) is 10.6. The molecule has 9 heavy (non-hydrogen) atoms. The van der Waals surface area contributed by atoms with E-state index < -0.39 is 5.54 Å². The van der Waals surface area contributed by atoms with Gasteiger partial charge in [0, 0.05) is 7.05 Å². The molecule has 1 radical (unpaired) electrons. The summed E-state index contributed by atoms with van der Waals surface area (Å²) in [6.07, 6.45) is 2.34. The molecule has 3 nitrogen and oxygen atoms in total. The van der Waals surface area contributed by atoms with Crippen LogP contribution in [0, 0.1) is 0 Å². The van der Waals surface area contributed by atoms with Crippen LogP contribution in [0.1, 0.15) is 13.8 Å². The van der Waals surface area contributed by atoms with E-state index in [0.717, 1.165) is 0 Å². The highest BCUT2D eigenvalue weighted by Crippen LogP contribution is 2.04. The molecule has 0 bridgehead atoms. The summed E-state index contributed by atoms with van der Waals surface area (Å²) in [6, 6.07) is 0. The Hall–Kier alpha value is -0.860. The molecule has 0 fully saturated rings. The van der Waals surface area contributed by atoms with E-state index in [0.29, 0.717) is 6.41 Å². The third-order valence-corrected chi connectivity index (χ3v) is 1.29. The van der Waals surface area contributed by atoms with Gasteiger partial charge in [0.25, 0.3) is 0 Å². The Labute approximate surface area is 54.6 Å². The Kier molecular flexibility index (Phi) is 2.37. The standard InChI is InChI=1S/C6H10NO2/c1-6(2,4-8)7(3)5-9/h5H,1-3H3. The van der Waals surface area contributed by atoms with Gasteiger partial charge in [-0.1, -0.05) is 0 Å². The first-order chi connectivity index (χ1) is 4.04. The molecule has 0 spiro atoms. The van der Waals surface area contributed by atoms with E-state index in [-0.39, 0.29) is 0 Å². The Balaban J connectivity index is 4.11. The molecule has 0 aliphatic heterocycles. The van der Waals surface area contributed by atoms with Gasteiger partial charge in [-0.15, -0.1) is 0 Å². The first kappa shape index (κ1) is 8.14. The maximum absolute atomic E-state index is 10.1. The molecule has 0 aromatic heterocycles. The molecule has 0 unspecified atom stereocenters. The third-order valence-electron chi connectivity index (χ3n) is 1.29. The van der Waals surface area contributed by atoms with Gasteiger partial charge in [-0.2, -0.15) is 0 Å². The van der Waals surface area contributed by atoms with Gasteiger partial charge in [-0.3, -0.25) is 9.59 Å². The fourth-order valence-electron chi connectivity index (χ4n) is 0.204. The lowest BCUT2D eigenvalue weighted by Gasteiger charge is -2.24. The molecule has 0 aliphatic rings. The number of hydrogen-bond acceptors (Lipinski definition) is 2. The largest absolute Gasteiger partial charge is 0.336 e. The number of carbonyl (C=O) groups excluding carboxylic acids is 2. The molecule has 0 atom stereocenters. The van der Waals surface area contributed by atoms with Crippen LogP contribution in [0.5, 0.6) is 0 Å². The average Bonchev–Trinajstić information content (AvgIpc) is 1.86. The van der Waals surface area contributed by atoms with E-state index in [2.05, 4.69) is 0 Å². The third kappa shape index (κ3) is 1.83. The van der Waals surface area contributed by atoms with E-state index in [1.165, 1.54) is 11.9 Å². The van der Waals surface area contributed by atoms with Gasteiger partial charge in [0.1, 0.15) is 5.54 Å². The molecule has 0 saturated heterocycles. The summed E-state index contributed by atoms with van der Waals surface area (Å²) in [5.41, 5.74) is -0.790. The van der Waals surface area contributed by atoms with Crippen LogP contribution >= 0.6 is 0 Å². The molecule has 51 valence electrons. The quantitative estimate of drug-likeness (QED) is 0.500. The average molecular weight is 128 g/mol. The molecule has 0 aliphatic carbocycles. The van der Waals surface area contributed by atoms with E-state index in [1.807, 2.05) is 0 Å². The first-order valence-corrected chi connectivity index (χ1v) is 2.62. The van der Waals surface area contributed by atoms with Gasteiger partial charge < -0.3 is 4.90 Å². The Bertz CT molecular complexity index is 120. The number of amides is 1. The van der Waals surface area contributed by atoms with Crippen LogP contribution in [0.15, 0.2) is 0 Å². The first-order valence-electron chi connectivity index (χ1n) is 2.62. The Morgan fingerprint density at radius 1 is 1.56 bits per heavy atom. The summed E-state index contributed by atoms with van der Waals surface area (Å²) in [5, 5.41) is 0. The number of likely N-dealkylation sites (N-methyl/N-ethyl adjacent to an activating group) is 1. The van der Waals surface area contributed by atoms with Crippen LogP contribution < -0.4 is 0 Å². The summed E-state index contributed by atoms with van der Waals surface area (Å²) < 4.78 is 0. The summed E-state index contributed by atoms with van der Waals surface area (Å²) in [7, 11) is 1.54. The lowest BCUT2D eigenvalue weighted by atomic mass is 10.1. The minimum absolute atomic E-state index is 0.602. The van der Waals surface area contributed by atoms with Crippen molar-refractivity contribution in [1.29, 1.82) is 0 Å². The van der Waals surface area contributed by atoms with Gasteiger partial charge in [0.05, 0.1) is 0 Å². The van der Waals surface area contributed by atoms with Crippen LogP contribution in [-0.2, 0) is 9.59 Å². The summed E-state index contributed by atoms with van der Waals surface area (Å²) >= 11 is 0. The maximum Gasteiger partial charge on any atom is 0.225 e. The monoisotopic (exact) mass is 128 g/mol. The highest BCUT2D eigenvalue weighted by atomic mass is 16.1. The zero-order valence-corrected chi connectivity index (χ0v) is 5.84. The van der Waals surface area contributed by atoms with Crippen molar-refractivity contribution in [2.75, 3.05) is 7.05 Å². The topological polar surface area (TPSA) is 37.4 Å². The smallest absolute Gasteiger partial charge is 0.225 e. The van der Waals surface area contributed by atoms with Crippen LogP contribution in [0.2, 0.25) is 0 Å². The predicted molar refractivity (Wildman–Crippen MR) is 33.6 cm³/mol. The highest BCUT2D eigenvalue weighted by Gasteiger charge is 2.21. The highest BCUT2D eigenvalue weighted by molar-refractivity contribution is 5.68. The van der Waals surface area contributed by atoms with E-state index in [1.54, 1.807) is 20.1 Å². The molecule has 1 amide bonds. The molecule has 0 heterocycles. The Morgan fingerprint density at radius 2 is 2.00 bits per heavy atom. The number of nitrogens with zero attached hydrogens (tertiary/aromatic N) is 1. The zero-order valence-electron chi connectivity index (χ0n) is 5.84. The van der Waals surface area contributed by atoms with E-state index in [9.17, 15) is 9.59 Å². The number of rotatable bonds is 3. The van der Waals surface area contributed by atoms with Crippen LogP contribution in [0.25, 0.3) is 0 Å². The second kappa shape index (κ2) is 2.62. The summed E-state index contributed by atoms with van der Waals surface area (Å²) in [6.45, 7) is 3.24. The van der Waals surface area contributed by atoms with Crippen molar-refractivity contribution >= 4 is 12.7 Å². The second-order valence-electron chi connectivity index (χ2n) is 2.38. The molecule has 0 aromatic carbocycles. The molecule has 0 rings (SSSR count). The van der Waals surface area contributed by atoms with Crippen LogP contribution in [0.3, 0.4) is 0 Å². The fourth-order valence-corrected chi connectivity index (χ4v) is 0.204. The van der Waals surface area contributed by atoms with Crippen molar-refractivity contribution < 1.29 is 9.59 Å². The summed E-state index contributed by atoms with van der Waals surface area (Å²) in [5.74, 6) is 0. The summed E-state index contributed by atoms with van der Waals surface area (Å²) in [4.78, 5) is 21.4. The van der Waals surface area contributed by atoms with Crippen molar-refractivity contribution in [2.24, 2.45) is 0 Å². The van der Waals surface area contributed by atoms with Crippen LogP contribution in [0.4, 0.5) is 0 Å². The predicted octanol–water partition coefficient (Wildman–Crippen LogP) is -0.0371. The number of carbonyl (C=O) groups is 1. The maximum atomic E-state index is 10.1. The molecule has 0 saturated carbocycles. The van der Waals surface area contributed by atoms with Gasteiger partial charge in [0.15, 0.2) is 0 Å². The minimum Gasteiger partial charge on any atom is -0.336 e. The lowest BCUT2D eigenvalue weighted by Crippen LogP contribution is -2.41. The molecular weight excluding hydrogens is 118 g/mol. The number of hydrogen-bond donors (Lipinski definition) is 0. The fraction of sp³-hybridized carbons (Fsp3) is 0.667. The van der Waals surface area contributed by atoms with Gasteiger partial charge >= 0.3 is 0 Å².